The van der Waals surface area contributed by atoms with Gasteiger partial charge in [-0.3, -0.25) is 9.59 Å². The van der Waals surface area contributed by atoms with Gasteiger partial charge >= 0.3 is 0 Å². The highest BCUT2D eigenvalue weighted by Gasteiger charge is 2.24. The van der Waals surface area contributed by atoms with E-state index in [0.29, 0.717) is 22.9 Å². The Hall–Kier alpha value is -3.19. The maximum atomic E-state index is 12.7. The monoisotopic (exact) mass is 409 g/mol. The van der Waals surface area contributed by atoms with Crippen molar-refractivity contribution >= 4 is 29.1 Å². The van der Waals surface area contributed by atoms with Crippen LogP contribution in [0, 0.1) is 0 Å². The Morgan fingerprint density at radius 1 is 1.07 bits per heavy atom. The van der Waals surface area contributed by atoms with Gasteiger partial charge in [-0.1, -0.05) is 18.2 Å². The number of anilines is 1. The molecule has 0 saturated carbocycles. The SMILES string of the molecule is CC(=O)Nc1ccccc1S[C@H](CC(=O)c1ccco1)c1ccc2c(c1)OCO2. The molecular weight excluding hydrogens is 390 g/mol. The fourth-order valence-electron chi connectivity index (χ4n) is 3.06. The van der Waals surface area contributed by atoms with Crippen LogP contribution in [-0.4, -0.2) is 18.5 Å². The van der Waals surface area contributed by atoms with Crippen LogP contribution in [0.15, 0.2) is 70.2 Å². The van der Waals surface area contributed by atoms with Crippen molar-refractivity contribution in [3.8, 4) is 11.5 Å². The van der Waals surface area contributed by atoms with E-state index in [2.05, 4.69) is 5.32 Å². The third-order valence-electron chi connectivity index (χ3n) is 4.40. The van der Waals surface area contributed by atoms with Crippen LogP contribution in [0.25, 0.3) is 0 Å². The van der Waals surface area contributed by atoms with Gasteiger partial charge in [0.05, 0.1) is 12.0 Å². The molecule has 0 fully saturated rings. The number of Topliss-reactive ketones (excluding diaryl/α,β-unsaturated/α-hetero) is 1. The molecule has 1 aliphatic rings. The number of furan rings is 1. The van der Waals surface area contributed by atoms with Gasteiger partial charge in [0.15, 0.2) is 23.0 Å². The van der Waals surface area contributed by atoms with Crippen LogP contribution in [-0.2, 0) is 4.79 Å². The van der Waals surface area contributed by atoms with Gasteiger partial charge in [0.2, 0.25) is 12.7 Å². The zero-order valence-corrected chi connectivity index (χ0v) is 16.5. The summed E-state index contributed by atoms with van der Waals surface area (Å²) in [7, 11) is 0. The summed E-state index contributed by atoms with van der Waals surface area (Å²) in [5.74, 6) is 1.43. The Labute approximate surface area is 172 Å². The Bertz CT molecular complexity index is 1030. The van der Waals surface area contributed by atoms with E-state index in [4.69, 9.17) is 13.9 Å². The lowest BCUT2D eigenvalue weighted by Crippen LogP contribution is -2.08. The minimum absolute atomic E-state index is 0.0952. The molecule has 29 heavy (non-hydrogen) atoms. The van der Waals surface area contributed by atoms with Gasteiger partial charge in [0.25, 0.3) is 0 Å². The summed E-state index contributed by atoms with van der Waals surface area (Å²) < 4.78 is 16.2. The lowest BCUT2D eigenvalue weighted by atomic mass is 10.1. The first kappa shape index (κ1) is 19.1. The van der Waals surface area contributed by atoms with Gasteiger partial charge in [-0.15, -0.1) is 11.8 Å². The van der Waals surface area contributed by atoms with E-state index in [9.17, 15) is 9.59 Å². The molecule has 3 aromatic rings. The number of hydrogen-bond acceptors (Lipinski definition) is 6. The number of hydrogen-bond donors (Lipinski definition) is 1. The first-order chi connectivity index (χ1) is 14.1. The van der Waals surface area contributed by atoms with E-state index in [0.717, 1.165) is 10.5 Å². The zero-order valence-electron chi connectivity index (χ0n) is 15.7. The lowest BCUT2D eigenvalue weighted by molar-refractivity contribution is -0.114. The number of fused-ring (bicyclic) bond motifs is 1. The molecule has 0 saturated heterocycles. The van der Waals surface area contributed by atoms with E-state index >= 15 is 0 Å². The van der Waals surface area contributed by atoms with Crippen molar-refractivity contribution in [1.82, 2.24) is 0 Å². The van der Waals surface area contributed by atoms with Crippen LogP contribution < -0.4 is 14.8 Å². The van der Waals surface area contributed by atoms with Crippen molar-refractivity contribution in [3.05, 3.63) is 72.2 Å². The first-order valence-corrected chi connectivity index (χ1v) is 9.97. The number of para-hydroxylation sites is 1. The van der Waals surface area contributed by atoms with Crippen LogP contribution in [0.2, 0.25) is 0 Å². The molecule has 0 bridgehead atoms. The summed E-state index contributed by atoms with van der Waals surface area (Å²) in [5, 5.41) is 2.63. The highest BCUT2D eigenvalue weighted by Crippen LogP contribution is 2.44. The smallest absolute Gasteiger partial charge is 0.231 e. The van der Waals surface area contributed by atoms with Crippen LogP contribution in [0.4, 0.5) is 5.69 Å². The average Bonchev–Trinajstić information content (AvgIpc) is 3.39. The Balaban J connectivity index is 1.65. The molecule has 0 spiro atoms. The van der Waals surface area contributed by atoms with Crippen LogP contribution >= 0.6 is 11.8 Å². The number of ketones is 1. The molecule has 2 heterocycles. The summed E-state index contributed by atoms with van der Waals surface area (Å²) in [6, 6.07) is 16.6. The van der Waals surface area contributed by atoms with Crippen molar-refractivity contribution in [2.45, 2.75) is 23.5 Å². The molecule has 1 N–H and O–H groups in total. The van der Waals surface area contributed by atoms with E-state index in [1.807, 2.05) is 42.5 Å². The summed E-state index contributed by atoms with van der Waals surface area (Å²) in [4.78, 5) is 25.2. The molecule has 0 radical (unpaired) electrons. The topological polar surface area (TPSA) is 77.8 Å². The van der Waals surface area contributed by atoms with E-state index < -0.39 is 0 Å². The third-order valence-corrected chi connectivity index (χ3v) is 5.74. The highest BCUT2D eigenvalue weighted by molar-refractivity contribution is 7.99. The molecule has 6 nitrogen and oxygen atoms in total. The summed E-state index contributed by atoms with van der Waals surface area (Å²) >= 11 is 1.51. The van der Waals surface area contributed by atoms with Crippen LogP contribution in [0.3, 0.4) is 0 Å². The lowest BCUT2D eigenvalue weighted by Gasteiger charge is -2.18. The van der Waals surface area contributed by atoms with Gasteiger partial charge in [-0.2, -0.15) is 0 Å². The largest absolute Gasteiger partial charge is 0.461 e. The zero-order chi connectivity index (χ0) is 20.2. The standard InChI is InChI=1S/C22H19NO5S/c1-14(24)23-16-5-2-3-7-21(16)29-22(12-17(25)18-6-4-10-26-18)15-8-9-19-20(11-15)28-13-27-19/h2-11,22H,12-13H2,1H3,(H,23,24)/t22-/m1/s1. The van der Waals surface area contributed by atoms with Gasteiger partial charge < -0.3 is 19.2 Å². The van der Waals surface area contributed by atoms with Gasteiger partial charge in [-0.05, 0) is 42.0 Å². The van der Waals surface area contributed by atoms with Crippen LogP contribution in [0.1, 0.15) is 34.7 Å². The molecule has 1 amide bonds. The maximum Gasteiger partial charge on any atom is 0.231 e. The molecule has 4 rings (SSSR count). The number of thioether (sulfide) groups is 1. The molecule has 1 aromatic heterocycles. The molecule has 7 heteroatoms. The molecule has 0 aliphatic carbocycles. The van der Waals surface area contributed by atoms with Crippen molar-refractivity contribution in [2.24, 2.45) is 0 Å². The number of rotatable bonds is 7. The summed E-state index contributed by atoms with van der Waals surface area (Å²) in [6.45, 7) is 1.66. The van der Waals surface area contributed by atoms with E-state index in [1.165, 1.54) is 24.9 Å². The second-order valence-electron chi connectivity index (χ2n) is 6.50. The van der Waals surface area contributed by atoms with Gasteiger partial charge in [0, 0.05) is 23.5 Å². The highest BCUT2D eigenvalue weighted by atomic mass is 32.2. The molecule has 1 aliphatic heterocycles. The van der Waals surface area contributed by atoms with Crippen molar-refractivity contribution in [1.29, 1.82) is 0 Å². The van der Waals surface area contributed by atoms with Crippen molar-refractivity contribution in [3.63, 3.8) is 0 Å². The number of benzene rings is 2. The summed E-state index contributed by atoms with van der Waals surface area (Å²) in [5.41, 5.74) is 1.64. The second kappa shape index (κ2) is 8.45. The fraction of sp³-hybridized carbons (Fsp3) is 0.182. The molecule has 148 valence electrons. The maximum absolute atomic E-state index is 12.7. The predicted molar refractivity (Wildman–Crippen MR) is 110 cm³/mol. The molecular formula is C22H19NO5S. The predicted octanol–water partition coefficient (Wildman–Crippen LogP) is 5.07. The van der Waals surface area contributed by atoms with E-state index in [-0.39, 0.29) is 30.2 Å². The van der Waals surface area contributed by atoms with Crippen molar-refractivity contribution < 1.29 is 23.5 Å². The Morgan fingerprint density at radius 3 is 2.69 bits per heavy atom. The quantitative estimate of drug-likeness (QED) is 0.433. The van der Waals surface area contributed by atoms with Crippen molar-refractivity contribution in [2.75, 3.05) is 12.1 Å². The minimum atomic E-state index is -0.211. The van der Waals surface area contributed by atoms with Gasteiger partial charge in [0.1, 0.15) is 0 Å². The molecule has 0 unspecified atom stereocenters. The first-order valence-electron chi connectivity index (χ1n) is 9.09. The number of amides is 1. The summed E-state index contributed by atoms with van der Waals surface area (Å²) in [6.07, 6.45) is 1.72. The second-order valence-corrected chi connectivity index (χ2v) is 7.75. The third kappa shape index (κ3) is 4.46. The number of carbonyl (C=O) groups excluding carboxylic acids is 2. The number of carbonyl (C=O) groups is 2. The van der Waals surface area contributed by atoms with Crippen LogP contribution in [0.5, 0.6) is 11.5 Å². The molecule has 1 atom stereocenters. The Kier molecular flexibility index (Phi) is 5.57. The normalized spacial score (nSPS) is 13.1. The Morgan fingerprint density at radius 2 is 1.90 bits per heavy atom. The minimum Gasteiger partial charge on any atom is -0.461 e. The van der Waals surface area contributed by atoms with E-state index in [1.54, 1.807) is 12.1 Å². The number of nitrogens with one attached hydrogen (secondary N) is 1. The average molecular weight is 409 g/mol. The molecule has 2 aromatic carbocycles. The number of ether oxygens (including phenoxy) is 2. The fourth-order valence-corrected chi connectivity index (χ4v) is 4.29. The van der Waals surface area contributed by atoms with Gasteiger partial charge in [-0.25, -0.2) is 0 Å².